The molecule has 8 heteroatoms. The monoisotopic (exact) mass is 536 g/mol. The first-order valence-corrected chi connectivity index (χ1v) is 14.2. The normalized spacial score (nSPS) is 14.2. The summed E-state index contributed by atoms with van der Waals surface area (Å²) in [4.78, 5) is 8.65. The molecule has 0 radical (unpaired) electrons. The molecular formula is C29H33ClN4O2S. The van der Waals surface area contributed by atoms with Crippen LogP contribution in [0.5, 0.6) is 11.5 Å². The topological polar surface area (TPSA) is 80.1 Å². The Kier molecular flexibility index (Phi) is 9.31. The lowest BCUT2D eigenvalue weighted by molar-refractivity contribution is 0.251. The van der Waals surface area contributed by atoms with Crippen LogP contribution in [-0.2, 0) is 12.0 Å². The maximum absolute atomic E-state index is 9.85. The number of hydrogen-bond acceptors (Lipinski definition) is 7. The van der Waals surface area contributed by atoms with E-state index in [-0.39, 0.29) is 5.41 Å². The summed E-state index contributed by atoms with van der Waals surface area (Å²) in [7, 11) is 0. The molecule has 37 heavy (non-hydrogen) atoms. The molecule has 0 bridgehead atoms. The van der Waals surface area contributed by atoms with E-state index in [2.05, 4.69) is 35.2 Å². The number of aromatic nitrogens is 2. The van der Waals surface area contributed by atoms with Gasteiger partial charge in [0.1, 0.15) is 18.4 Å². The average Bonchev–Trinajstić information content (AvgIpc) is 2.93. The summed E-state index contributed by atoms with van der Waals surface area (Å²) in [5.41, 5.74) is 2.97. The van der Waals surface area contributed by atoms with Crippen molar-refractivity contribution in [3.05, 3.63) is 76.1 Å². The lowest BCUT2D eigenvalue weighted by Crippen LogP contribution is -2.28. The molecule has 1 aliphatic heterocycles. The molecule has 0 atom stereocenters. The molecule has 1 aromatic heterocycles. The fraction of sp³-hybridized carbons (Fsp3) is 0.414. The second-order valence-electron chi connectivity index (χ2n) is 9.75. The van der Waals surface area contributed by atoms with E-state index in [1.54, 1.807) is 6.20 Å². The van der Waals surface area contributed by atoms with Gasteiger partial charge in [0.15, 0.2) is 10.9 Å². The molecule has 3 aromatic rings. The zero-order valence-corrected chi connectivity index (χ0v) is 23.2. The van der Waals surface area contributed by atoms with Gasteiger partial charge in [-0.25, -0.2) is 9.97 Å². The van der Waals surface area contributed by atoms with Gasteiger partial charge in [-0.05, 0) is 86.0 Å². The van der Waals surface area contributed by atoms with Crippen molar-refractivity contribution in [2.24, 2.45) is 5.92 Å². The number of ether oxygens (including phenoxy) is 2. The first-order chi connectivity index (χ1) is 17.9. The van der Waals surface area contributed by atoms with Crippen LogP contribution in [0.2, 0.25) is 5.02 Å². The predicted molar refractivity (Wildman–Crippen MR) is 149 cm³/mol. The quantitative estimate of drug-likeness (QED) is 0.237. The van der Waals surface area contributed by atoms with Gasteiger partial charge in [0.2, 0.25) is 0 Å². The van der Waals surface area contributed by atoms with Crippen LogP contribution in [0.1, 0.15) is 55.5 Å². The Bertz CT molecular complexity index is 1240. The Hall–Kier alpha value is -2.79. The van der Waals surface area contributed by atoms with Crippen LogP contribution in [0.4, 0.5) is 0 Å². The number of benzene rings is 2. The maximum atomic E-state index is 9.85. The summed E-state index contributed by atoms with van der Waals surface area (Å²) in [6, 6.07) is 16.0. The molecule has 1 N–H and O–H groups in total. The standard InChI is InChI=1S/C29H33ClN4O2S/c1-29(2,22-4-6-25(7-5-22)36-19-24-10-14-33-28(34-24)37-3)23-16-21(18-31)27(26(30)17-23)35-15-11-20-8-12-32-13-9-20/h4-7,10,14,16-17,20,32H,8-9,11-13,15,19H2,1-3H3. The highest BCUT2D eigenvalue weighted by Gasteiger charge is 2.26. The number of piperidine rings is 1. The van der Waals surface area contributed by atoms with Crippen LogP contribution in [0.15, 0.2) is 53.8 Å². The largest absolute Gasteiger partial charge is 0.491 e. The fourth-order valence-electron chi connectivity index (χ4n) is 4.53. The highest BCUT2D eigenvalue weighted by atomic mass is 35.5. The third-order valence-corrected chi connectivity index (χ3v) is 7.80. The Morgan fingerprint density at radius 1 is 1.11 bits per heavy atom. The second-order valence-corrected chi connectivity index (χ2v) is 10.9. The molecule has 0 spiro atoms. The molecule has 0 unspecified atom stereocenters. The van der Waals surface area contributed by atoms with Crippen molar-refractivity contribution < 1.29 is 9.47 Å². The number of halogens is 1. The molecule has 1 fully saturated rings. The van der Waals surface area contributed by atoms with Gasteiger partial charge in [-0.3, -0.25) is 0 Å². The maximum Gasteiger partial charge on any atom is 0.187 e. The Morgan fingerprint density at radius 2 is 1.86 bits per heavy atom. The number of thioether (sulfide) groups is 1. The summed E-state index contributed by atoms with van der Waals surface area (Å²) < 4.78 is 12.0. The number of rotatable bonds is 10. The number of nitrogens with one attached hydrogen (secondary N) is 1. The van der Waals surface area contributed by atoms with Crippen LogP contribution in [0.3, 0.4) is 0 Å². The number of nitriles is 1. The van der Waals surface area contributed by atoms with E-state index < -0.39 is 0 Å². The van der Waals surface area contributed by atoms with E-state index >= 15 is 0 Å². The Morgan fingerprint density at radius 3 is 2.57 bits per heavy atom. The SMILES string of the molecule is CSc1nccc(COc2ccc(C(C)(C)c3cc(Cl)c(OCCC4CCNCC4)c(C#N)c3)cc2)n1. The third-order valence-electron chi connectivity index (χ3n) is 6.95. The first kappa shape index (κ1) is 27.3. The second kappa shape index (κ2) is 12.6. The van der Waals surface area contributed by atoms with Crippen molar-refractivity contribution in [3.8, 4) is 17.6 Å². The van der Waals surface area contributed by atoms with Crippen LogP contribution in [0, 0.1) is 17.2 Å². The summed E-state index contributed by atoms with van der Waals surface area (Å²) in [6.07, 6.45) is 7.00. The molecule has 194 valence electrons. The van der Waals surface area contributed by atoms with E-state index in [0.717, 1.165) is 47.2 Å². The van der Waals surface area contributed by atoms with E-state index in [1.165, 1.54) is 24.6 Å². The summed E-state index contributed by atoms with van der Waals surface area (Å²) >= 11 is 8.16. The van der Waals surface area contributed by atoms with Gasteiger partial charge >= 0.3 is 0 Å². The summed E-state index contributed by atoms with van der Waals surface area (Å²) in [5, 5.41) is 14.4. The lowest BCUT2D eigenvalue weighted by Gasteiger charge is -2.27. The number of hydrogen-bond donors (Lipinski definition) is 1. The molecular weight excluding hydrogens is 504 g/mol. The summed E-state index contributed by atoms with van der Waals surface area (Å²) in [6.45, 7) is 7.31. The Labute approximate surface area is 228 Å². The minimum absolute atomic E-state index is 0.374. The van der Waals surface area contributed by atoms with Crippen molar-refractivity contribution in [2.75, 3.05) is 26.0 Å². The van der Waals surface area contributed by atoms with Crippen LogP contribution in [0.25, 0.3) is 0 Å². The lowest BCUT2D eigenvalue weighted by atomic mass is 9.77. The van der Waals surface area contributed by atoms with E-state index in [1.807, 2.05) is 48.7 Å². The molecule has 0 aliphatic carbocycles. The van der Waals surface area contributed by atoms with Crippen molar-refractivity contribution >= 4 is 23.4 Å². The summed E-state index contributed by atoms with van der Waals surface area (Å²) in [5.74, 6) is 1.90. The average molecular weight is 537 g/mol. The smallest absolute Gasteiger partial charge is 0.187 e. The highest BCUT2D eigenvalue weighted by molar-refractivity contribution is 7.98. The molecule has 1 aliphatic rings. The molecule has 2 heterocycles. The van der Waals surface area contributed by atoms with Gasteiger partial charge in [0, 0.05) is 11.6 Å². The molecule has 0 saturated carbocycles. The van der Waals surface area contributed by atoms with E-state index in [9.17, 15) is 5.26 Å². The molecule has 1 saturated heterocycles. The van der Waals surface area contributed by atoms with E-state index in [4.69, 9.17) is 21.1 Å². The minimum Gasteiger partial charge on any atom is -0.491 e. The zero-order valence-electron chi connectivity index (χ0n) is 21.6. The van der Waals surface area contributed by atoms with Gasteiger partial charge in [0.25, 0.3) is 0 Å². The van der Waals surface area contributed by atoms with Crippen LogP contribution in [-0.4, -0.2) is 35.9 Å². The zero-order chi connectivity index (χ0) is 26.3. The van der Waals surface area contributed by atoms with Gasteiger partial charge in [-0.15, -0.1) is 0 Å². The predicted octanol–water partition coefficient (Wildman–Crippen LogP) is 6.40. The van der Waals surface area contributed by atoms with Crippen LogP contribution < -0.4 is 14.8 Å². The fourth-order valence-corrected chi connectivity index (χ4v) is 5.18. The molecule has 6 nitrogen and oxygen atoms in total. The van der Waals surface area contributed by atoms with Crippen molar-refractivity contribution in [2.45, 2.75) is 50.3 Å². The van der Waals surface area contributed by atoms with Gasteiger partial charge in [-0.2, -0.15) is 5.26 Å². The van der Waals surface area contributed by atoms with Crippen molar-refractivity contribution in [1.82, 2.24) is 15.3 Å². The molecule has 0 amide bonds. The van der Waals surface area contributed by atoms with Gasteiger partial charge in [0.05, 0.1) is 22.9 Å². The van der Waals surface area contributed by atoms with Crippen LogP contribution >= 0.6 is 23.4 Å². The first-order valence-electron chi connectivity index (χ1n) is 12.6. The number of nitrogens with zero attached hydrogens (tertiary/aromatic N) is 3. The Balaban J connectivity index is 1.43. The van der Waals surface area contributed by atoms with Crippen molar-refractivity contribution in [1.29, 1.82) is 5.26 Å². The molecule has 2 aromatic carbocycles. The van der Waals surface area contributed by atoms with Crippen molar-refractivity contribution in [3.63, 3.8) is 0 Å². The van der Waals surface area contributed by atoms with E-state index in [0.29, 0.717) is 35.5 Å². The molecule has 4 rings (SSSR count). The van der Waals surface area contributed by atoms with Gasteiger partial charge in [-0.1, -0.05) is 49.3 Å². The minimum atomic E-state index is -0.374. The third kappa shape index (κ3) is 6.95. The highest BCUT2D eigenvalue weighted by Crippen LogP contribution is 2.39. The van der Waals surface area contributed by atoms with Gasteiger partial charge < -0.3 is 14.8 Å².